The monoisotopic (exact) mass is 394 g/mol. The van der Waals surface area contributed by atoms with Gasteiger partial charge in [-0.25, -0.2) is 0 Å². The summed E-state index contributed by atoms with van der Waals surface area (Å²) in [4.78, 5) is 0. The fourth-order valence-electron chi connectivity index (χ4n) is 6.53. The third-order valence-corrected chi connectivity index (χ3v) is 7.67. The van der Waals surface area contributed by atoms with Gasteiger partial charge in [0.2, 0.25) is 0 Å². The molecular formula is C30H34. The molecule has 1 unspecified atom stereocenters. The second-order valence-electron chi connectivity index (χ2n) is 8.85. The zero-order chi connectivity index (χ0) is 21.2. The van der Waals surface area contributed by atoms with Crippen molar-refractivity contribution in [3.63, 3.8) is 0 Å². The van der Waals surface area contributed by atoms with Crippen LogP contribution in [0.1, 0.15) is 58.1 Å². The lowest BCUT2D eigenvalue weighted by molar-refractivity contribution is 0.155. The van der Waals surface area contributed by atoms with Gasteiger partial charge in [0.1, 0.15) is 0 Å². The summed E-state index contributed by atoms with van der Waals surface area (Å²) in [7, 11) is 0. The van der Waals surface area contributed by atoms with Gasteiger partial charge in [-0.2, -0.15) is 0 Å². The number of rotatable bonds is 7. The highest BCUT2D eigenvalue weighted by Crippen LogP contribution is 2.66. The van der Waals surface area contributed by atoms with Gasteiger partial charge in [0, 0.05) is 16.2 Å². The molecule has 1 atom stereocenters. The number of hydrogen-bond acceptors (Lipinski definition) is 0. The van der Waals surface area contributed by atoms with Gasteiger partial charge in [0.15, 0.2) is 0 Å². The van der Waals surface area contributed by atoms with Crippen LogP contribution in [0.5, 0.6) is 0 Å². The molecule has 0 heteroatoms. The van der Waals surface area contributed by atoms with E-state index in [0.29, 0.717) is 0 Å². The van der Waals surface area contributed by atoms with E-state index in [1.807, 2.05) is 0 Å². The molecule has 0 heterocycles. The maximum absolute atomic E-state index is 2.55. The van der Waals surface area contributed by atoms with E-state index in [1.165, 1.54) is 16.7 Å². The van der Waals surface area contributed by atoms with Crippen molar-refractivity contribution in [2.24, 2.45) is 10.8 Å². The highest BCUT2D eigenvalue weighted by Gasteiger charge is 2.61. The molecule has 0 saturated carbocycles. The predicted molar refractivity (Wildman–Crippen MR) is 130 cm³/mol. The summed E-state index contributed by atoms with van der Waals surface area (Å²) >= 11 is 0. The summed E-state index contributed by atoms with van der Waals surface area (Å²) in [5, 5.41) is 0. The lowest BCUT2D eigenvalue weighted by Crippen LogP contribution is -2.55. The van der Waals surface area contributed by atoms with Crippen molar-refractivity contribution in [3.05, 3.63) is 119 Å². The Morgan fingerprint density at radius 1 is 0.700 bits per heavy atom. The van der Waals surface area contributed by atoms with E-state index in [1.54, 1.807) is 5.57 Å². The van der Waals surface area contributed by atoms with Crippen LogP contribution in [0.4, 0.5) is 0 Å². The SMILES string of the molecule is CCC1=C(CC)C(CC)(C(c2ccccc2)(c2ccccc2)C2(C)C=CC=C2)C=C1. The molecule has 30 heavy (non-hydrogen) atoms. The minimum atomic E-state index is -0.237. The van der Waals surface area contributed by atoms with E-state index < -0.39 is 0 Å². The van der Waals surface area contributed by atoms with Crippen LogP contribution in [0, 0.1) is 10.8 Å². The first-order valence-corrected chi connectivity index (χ1v) is 11.5. The molecule has 0 saturated heterocycles. The van der Waals surface area contributed by atoms with Gasteiger partial charge in [-0.1, -0.05) is 130 Å². The smallest absolute Gasteiger partial charge is 0.0453 e. The van der Waals surface area contributed by atoms with Crippen molar-refractivity contribution in [3.8, 4) is 0 Å². The van der Waals surface area contributed by atoms with Crippen LogP contribution in [0.25, 0.3) is 0 Å². The van der Waals surface area contributed by atoms with Gasteiger partial charge in [-0.05, 0) is 36.0 Å². The summed E-state index contributed by atoms with van der Waals surface area (Å²) in [5.41, 5.74) is 5.46. The maximum atomic E-state index is 2.55. The molecule has 2 aromatic rings. The van der Waals surface area contributed by atoms with E-state index in [9.17, 15) is 0 Å². The van der Waals surface area contributed by atoms with Crippen LogP contribution in [-0.4, -0.2) is 0 Å². The second kappa shape index (κ2) is 7.91. The third-order valence-electron chi connectivity index (χ3n) is 7.67. The predicted octanol–water partition coefficient (Wildman–Crippen LogP) is 8.19. The Kier molecular flexibility index (Phi) is 5.45. The van der Waals surface area contributed by atoms with Gasteiger partial charge in [0.05, 0.1) is 0 Å². The van der Waals surface area contributed by atoms with Crippen molar-refractivity contribution in [1.29, 1.82) is 0 Å². The van der Waals surface area contributed by atoms with Crippen LogP contribution in [-0.2, 0) is 5.41 Å². The first-order valence-electron chi connectivity index (χ1n) is 11.5. The minimum Gasteiger partial charge on any atom is -0.0736 e. The zero-order valence-corrected chi connectivity index (χ0v) is 18.9. The van der Waals surface area contributed by atoms with Gasteiger partial charge < -0.3 is 0 Å². The molecule has 2 aliphatic carbocycles. The largest absolute Gasteiger partial charge is 0.0736 e. The summed E-state index contributed by atoms with van der Waals surface area (Å²) in [6.07, 6.45) is 17.5. The molecule has 154 valence electrons. The maximum Gasteiger partial charge on any atom is 0.0453 e. The Balaban J connectivity index is 2.19. The van der Waals surface area contributed by atoms with E-state index in [0.717, 1.165) is 19.3 Å². The first-order chi connectivity index (χ1) is 14.6. The van der Waals surface area contributed by atoms with Crippen molar-refractivity contribution in [2.75, 3.05) is 0 Å². The van der Waals surface area contributed by atoms with Crippen LogP contribution in [0.15, 0.2) is 108 Å². The van der Waals surface area contributed by atoms with Crippen LogP contribution >= 0.6 is 0 Å². The molecular weight excluding hydrogens is 360 g/mol. The Hall–Kier alpha value is -2.60. The molecule has 2 aliphatic rings. The summed E-state index contributed by atoms with van der Waals surface area (Å²) in [5.74, 6) is 0. The van der Waals surface area contributed by atoms with Crippen molar-refractivity contribution in [2.45, 2.75) is 52.4 Å². The third kappa shape index (κ3) is 2.66. The highest BCUT2D eigenvalue weighted by atomic mass is 14.6. The van der Waals surface area contributed by atoms with E-state index >= 15 is 0 Å². The molecule has 0 N–H and O–H groups in total. The molecule has 0 aromatic heterocycles. The van der Waals surface area contributed by atoms with E-state index in [-0.39, 0.29) is 16.2 Å². The average Bonchev–Trinajstić information content (AvgIpc) is 3.40. The Bertz CT molecular complexity index is 949. The lowest BCUT2D eigenvalue weighted by Gasteiger charge is -2.58. The first kappa shape index (κ1) is 20.7. The lowest BCUT2D eigenvalue weighted by atomic mass is 9.44. The topological polar surface area (TPSA) is 0 Å². The quantitative estimate of drug-likeness (QED) is 0.444. The van der Waals surface area contributed by atoms with Crippen molar-refractivity contribution < 1.29 is 0 Å². The average molecular weight is 395 g/mol. The molecule has 2 aromatic carbocycles. The molecule has 0 nitrogen and oxygen atoms in total. The van der Waals surface area contributed by atoms with Crippen LogP contribution in [0.2, 0.25) is 0 Å². The number of hydrogen-bond donors (Lipinski definition) is 0. The van der Waals surface area contributed by atoms with Crippen LogP contribution in [0.3, 0.4) is 0 Å². The fourth-order valence-corrected chi connectivity index (χ4v) is 6.53. The molecule has 0 radical (unpaired) electrons. The number of allylic oxidation sites excluding steroid dienone is 8. The Labute approximate surface area is 182 Å². The van der Waals surface area contributed by atoms with Crippen LogP contribution < -0.4 is 0 Å². The standard InChI is InChI=1S/C30H34/c1-5-24-20-23-29(7-3,27(24)6-2)30(25-16-10-8-11-17-25,26-18-12-9-13-19-26)28(4)21-14-15-22-28/h8-23H,5-7H2,1-4H3. The van der Waals surface area contributed by atoms with E-state index in [4.69, 9.17) is 0 Å². The molecule has 0 amide bonds. The van der Waals surface area contributed by atoms with Gasteiger partial charge in [-0.15, -0.1) is 0 Å². The second-order valence-corrected chi connectivity index (χ2v) is 8.85. The Morgan fingerprint density at radius 2 is 1.23 bits per heavy atom. The summed E-state index contributed by atoms with van der Waals surface area (Å²) < 4.78 is 0. The summed E-state index contributed by atoms with van der Waals surface area (Å²) in [6, 6.07) is 22.5. The summed E-state index contributed by atoms with van der Waals surface area (Å²) in [6.45, 7) is 9.44. The zero-order valence-electron chi connectivity index (χ0n) is 18.9. The Morgan fingerprint density at radius 3 is 1.67 bits per heavy atom. The molecule has 0 spiro atoms. The van der Waals surface area contributed by atoms with Crippen molar-refractivity contribution in [1.82, 2.24) is 0 Å². The van der Waals surface area contributed by atoms with Gasteiger partial charge in [-0.3, -0.25) is 0 Å². The van der Waals surface area contributed by atoms with Gasteiger partial charge in [0.25, 0.3) is 0 Å². The van der Waals surface area contributed by atoms with Crippen molar-refractivity contribution >= 4 is 0 Å². The highest BCUT2D eigenvalue weighted by molar-refractivity contribution is 5.59. The number of benzene rings is 2. The molecule has 0 fully saturated rings. The van der Waals surface area contributed by atoms with Gasteiger partial charge >= 0.3 is 0 Å². The molecule has 0 bridgehead atoms. The molecule has 4 rings (SSSR count). The fraction of sp³-hybridized carbons (Fsp3) is 0.333. The minimum absolute atomic E-state index is 0.0798. The van der Waals surface area contributed by atoms with E-state index in [2.05, 4.69) is 125 Å². The normalized spacial score (nSPS) is 22.3. The molecule has 0 aliphatic heterocycles.